The molecule has 0 atom stereocenters. The fraction of sp³-hybridized carbons (Fsp3) is 0. The van der Waals surface area contributed by atoms with E-state index in [1.54, 1.807) is 12.1 Å². The highest BCUT2D eigenvalue weighted by Gasteiger charge is 2.07. The van der Waals surface area contributed by atoms with Gasteiger partial charge >= 0.3 is 5.97 Å². The molecule has 0 heterocycles. The lowest BCUT2D eigenvalue weighted by atomic mass is 10.3. The minimum Gasteiger partial charge on any atom is -0.477 e. The Morgan fingerprint density at radius 2 is 2.00 bits per heavy atom. The van der Waals surface area contributed by atoms with E-state index in [-0.39, 0.29) is 5.03 Å². The highest BCUT2D eigenvalue weighted by atomic mass is 35.5. The SMILES string of the molecule is O=C(O)/C(Cl)=C(\Cl)C=NNc1ccc(Cl)cc1Cl. The minimum absolute atomic E-state index is 0.207. The molecular formula is C10H6Cl4N2O2. The van der Waals surface area contributed by atoms with Crippen molar-refractivity contribution in [1.82, 2.24) is 0 Å². The van der Waals surface area contributed by atoms with Crippen LogP contribution in [0.1, 0.15) is 0 Å². The normalized spacial score (nSPS) is 12.4. The van der Waals surface area contributed by atoms with E-state index in [1.165, 1.54) is 6.07 Å². The number of hydrazone groups is 1. The molecular weight excluding hydrogens is 322 g/mol. The van der Waals surface area contributed by atoms with Crippen LogP contribution in [-0.2, 0) is 4.79 Å². The molecule has 0 aliphatic rings. The number of hydrogen-bond acceptors (Lipinski definition) is 3. The third kappa shape index (κ3) is 4.38. The van der Waals surface area contributed by atoms with E-state index in [0.717, 1.165) is 6.21 Å². The Labute approximate surface area is 123 Å². The molecule has 1 rings (SSSR count). The van der Waals surface area contributed by atoms with Gasteiger partial charge in [0.05, 0.1) is 22.0 Å². The van der Waals surface area contributed by atoms with Crippen LogP contribution in [-0.4, -0.2) is 17.3 Å². The van der Waals surface area contributed by atoms with Gasteiger partial charge in [0.1, 0.15) is 5.03 Å². The van der Waals surface area contributed by atoms with E-state index in [4.69, 9.17) is 51.5 Å². The largest absolute Gasteiger partial charge is 0.477 e. The van der Waals surface area contributed by atoms with E-state index in [9.17, 15) is 4.79 Å². The van der Waals surface area contributed by atoms with Gasteiger partial charge in [0, 0.05) is 5.02 Å². The summed E-state index contributed by atoms with van der Waals surface area (Å²) in [6.07, 6.45) is 1.06. The lowest BCUT2D eigenvalue weighted by Gasteiger charge is -2.02. The predicted molar refractivity (Wildman–Crippen MR) is 74.9 cm³/mol. The molecule has 1 aromatic rings. The van der Waals surface area contributed by atoms with Crippen molar-refractivity contribution in [3.05, 3.63) is 38.3 Å². The van der Waals surface area contributed by atoms with Crippen molar-refractivity contribution < 1.29 is 9.90 Å². The van der Waals surface area contributed by atoms with Gasteiger partial charge < -0.3 is 5.11 Å². The summed E-state index contributed by atoms with van der Waals surface area (Å²) < 4.78 is 0. The first-order chi connectivity index (χ1) is 8.41. The molecule has 0 spiro atoms. The number of halogens is 4. The molecule has 4 nitrogen and oxygen atoms in total. The smallest absolute Gasteiger partial charge is 0.348 e. The Balaban J connectivity index is 2.77. The van der Waals surface area contributed by atoms with Crippen LogP contribution in [0.15, 0.2) is 33.4 Å². The topological polar surface area (TPSA) is 61.7 Å². The van der Waals surface area contributed by atoms with Crippen LogP contribution in [0.5, 0.6) is 0 Å². The van der Waals surface area contributed by atoms with E-state index < -0.39 is 11.0 Å². The van der Waals surface area contributed by atoms with Crippen LogP contribution >= 0.6 is 46.4 Å². The summed E-state index contributed by atoms with van der Waals surface area (Å²) in [5, 5.41) is 12.4. The zero-order valence-corrected chi connectivity index (χ0v) is 11.6. The molecule has 0 aliphatic carbocycles. The van der Waals surface area contributed by atoms with Crippen LogP contribution in [0.25, 0.3) is 0 Å². The molecule has 18 heavy (non-hydrogen) atoms. The van der Waals surface area contributed by atoms with Gasteiger partial charge in [-0.3, -0.25) is 5.43 Å². The molecule has 0 aromatic heterocycles. The van der Waals surface area contributed by atoms with Gasteiger partial charge in [-0.15, -0.1) is 0 Å². The summed E-state index contributed by atoms with van der Waals surface area (Å²) in [6, 6.07) is 4.76. The van der Waals surface area contributed by atoms with E-state index in [2.05, 4.69) is 10.5 Å². The first-order valence-electron chi connectivity index (χ1n) is 4.44. The van der Waals surface area contributed by atoms with Gasteiger partial charge in [0.15, 0.2) is 0 Å². The van der Waals surface area contributed by atoms with Crippen molar-refractivity contribution in [2.24, 2.45) is 5.10 Å². The Hall–Kier alpha value is -0.940. The summed E-state index contributed by atoms with van der Waals surface area (Å²) in [7, 11) is 0. The van der Waals surface area contributed by atoms with Gasteiger partial charge in [0.2, 0.25) is 0 Å². The second-order valence-corrected chi connectivity index (χ2v) is 4.59. The molecule has 96 valence electrons. The molecule has 0 radical (unpaired) electrons. The zero-order chi connectivity index (χ0) is 13.7. The first kappa shape index (κ1) is 15.1. The maximum atomic E-state index is 10.5. The molecule has 0 amide bonds. The van der Waals surface area contributed by atoms with Gasteiger partial charge in [-0.1, -0.05) is 46.4 Å². The highest BCUT2D eigenvalue weighted by Crippen LogP contribution is 2.25. The van der Waals surface area contributed by atoms with E-state index in [0.29, 0.717) is 15.7 Å². The molecule has 0 aliphatic heterocycles. The second kappa shape index (κ2) is 6.85. The summed E-state index contributed by atoms with van der Waals surface area (Å²) >= 11 is 22.6. The minimum atomic E-state index is -1.34. The number of allylic oxidation sites excluding steroid dienone is 1. The number of carboxylic acid groups (broad SMARTS) is 1. The van der Waals surface area contributed by atoms with Crippen LogP contribution in [0.4, 0.5) is 5.69 Å². The van der Waals surface area contributed by atoms with Gasteiger partial charge in [-0.05, 0) is 18.2 Å². The summed E-state index contributed by atoms with van der Waals surface area (Å²) in [5.74, 6) is -1.34. The quantitative estimate of drug-likeness (QED) is 0.495. The number of anilines is 1. The number of carboxylic acids is 1. The number of hydrogen-bond donors (Lipinski definition) is 2. The summed E-state index contributed by atoms with van der Waals surface area (Å²) in [4.78, 5) is 10.5. The standard InChI is InChI=1S/C10H6Cl4N2O2/c11-5-1-2-8(6(12)3-5)16-15-4-7(13)9(14)10(17)18/h1-4,16H,(H,17,18)/b9-7+,15-4?. The van der Waals surface area contributed by atoms with Crippen LogP contribution in [0.3, 0.4) is 0 Å². The summed E-state index contributed by atoms with van der Waals surface area (Å²) in [5.41, 5.74) is 3.07. The van der Waals surface area contributed by atoms with Gasteiger partial charge in [-0.2, -0.15) is 5.10 Å². The van der Waals surface area contributed by atoms with Crippen molar-refractivity contribution >= 4 is 64.3 Å². The van der Waals surface area contributed by atoms with Crippen molar-refractivity contribution in [3.8, 4) is 0 Å². The lowest BCUT2D eigenvalue weighted by molar-refractivity contribution is -0.131. The molecule has 0 unspecified atom stereocenters. The average molecular weight is 328 g/mol. The maximum Gasteiger partial charge on any atom is 0.348 e. The third-order valence-corrected chi connectivity index (χ3v) is 2.99. The summed E-state index contributed by atoms with van der Waals surface area (Å²) in [6.45, 7) is 0. The third-order valence-electron chi connectivity index (χ3n) is 1.69. The molecule has 0 fully saturated rings. The fourth-order valence-corrected chi connectivity index (χ4v) is 1.53. The van der Waals surface area contributed by atoms with Crippen LogP contribution in [0, 0.1) is 0 Å². The van der Waals surface area contributed by atoms with Crippen molar-refractivity contribution in [2.75, 3.05) is 5.43 Å². The lowest BCUT2D eigenvalue weighted by Crippen LogP contribution is -1.98. The van der Waals surface area contributed by atoms with E-state index in [1.807, 2.05) is 0 Å². The Kier molecular flexibility index (Phi) is 5.75. The number of carbonyl (C=O) groups is 1. The van der Waals surface area contributed by atoms with Crippen LogP contribution < -0.4 is 5.43 Å². The van der Waals surface area contributed by atoms with Gasteiger partial charge in [-0.25, -0.2) is 4.79 Å². The zero-order valence-electron chi connectivity index (χ0n) is 8.62. The highest BCUT2D eigenvalue weighted by molar-refractivity contribution is 6.51. The van der Waals surface area contributed by atoms with Crippen LogP contribution in [0.2, 0.25) is 10.0 Å². The molecule has 2 N–H and O–H groups in total. The van der Waals surface area contributed by atoms with Crippen molar-refractivity contribution in [3.63, 3.8) is 0 Å². The molecule has 0 saturated heterocycles. The Bertz CT molecular complexity index is 529. The Morgan fingerprint density at radius 1 is 1.33 bits per heavy atom. The molecule has 0 bridgehead atoms. The van der Waals surface area contributed by atoms with Crippen molar-refractivity contribution in [2.45, 2.75) is 0 Å². The van der Waals surface area contributed by atoms with Crippen molar-refractivity contribution in [1.29, 1.82) is 0 Å². The Morgan fingerprint density at radius 3 is 2.56 bits per heavy atom. The number of nitrogens with one attached hydrogen (secondary N) is 1. The molecule has 8 heteroatoms. The second-order valence-electron chi connectivity index (χ2n) is 2.96. The number of nitrogens with zero attached hydrogens (tertiary/aromatic N) is 1. The molecule has 0 saturated carbocycles. The molecule has 1 aromatic carbocycles. The maximum absolute atomic E-state index is 10.5. The van der Waals surface area contributed by atoms with E-state index >= 15 is 0 Å². The predicted octanol–water partition coefficient (Wildman–Crippen LogP) is 4.16. The first-order valence-corrected chi connectivity index (χ1v) is 5.95. The monoisotopic (exact) mass is 326 g/mol. The number of aliphatic carboxylic acids is 1. The number of benzene rings is 1. The number of rotatable bonds is 4. The fourth-order valence-electron chi connectivity index (χ4n) is 0.897. The average Bonchev–Trinajstić information content (AvgIpc) is 2.30. The van der Waals surface area contributed by atoms with Gasteiger partial charge in [0.25, 0.3) is 0 Å².